The third-order valence-corrected chi connectivity index (χ3v) is 3.51. The minimum Gasteiger partial charge on any atom is -0.481 e. The first-order valence-corrected chi connectivity index (χ1v) is 5.19. The van der Waals surface area contributed by atoms with Crippen molar-refractivity contribution >= 4 is 11.8 Å². The van der Waals surface area contributed by atoms with Gasteiger partial charge in [-0.15, -0.1) is 0 Å². The number of carbonyl (C=O) groups excluding carboxylic acids is 1. The molecule has 2 aliphatic carbocycles. The van der Waals surface area contributed by atoms with E-state index in [1.165, 1.54) is 6.08 Å². The van der Waals surface area contributed by atoms with E-state index in [-0.39, 0.29) is 11.7 Å². The van der Waals surface area contributed by atoms with Crippen LogP contribution in [0.1, 0.15) is 19.8 Å². The second-order valence-electron chi connectivity index (χ2n) is 4.49. The Morgan fingerprint density at radius 1 is 1.47 bits per heavy atom. The first-order valence-electron chi connectivity index (χ1n) is 5.19. The average Bonchev–Trinajstić information content (AvgIpc) is 3.00. The summed E-state index contributed by atoms with van der Waals surface area (Å²) in [5.74, 6) is -1.29. The maximum Gasteiger partial charge on any atom is 0.310 e. The van der Waals surface area contributed by atoms with Gasteiger partial charge in [0.1, 0.15) is 0 Å². The van der Waals surface area contributed by atoms with E-state index in [0.29, 0.717) is 0 Å². The fourth-order valence-corrected chi connectivity index (χ4v) is 2.26. The summed E-state index contributed by atoms with van der Waals surface area (Å²) in [5.41, 5.74) is -0.918. The quantitative estimate of drug-likeness (QED) is 0.766. The van der Waals surface area contributed by atoms with Crippen molar-refractivity contribution in [1.82, 2.24) is 0 Å². The fourth-order valence-electron chi connectivity index (χ4n) is 2.26. The lowest BCUT2D eigenvalue weighted by molar-refractivity contribution is -0.154. The highest BCUT2D eigenvalue weighted by atomic mass is 16.4. The molecule has 2 rings (SSSR count). The summed E-state index contributed by atoms with van der Waals surface area (Å²) < 4.78 is 0. The van der Waals surface area contributed by atoms with Crippen molar-refractivity contribution in [3.63, 3.8) is 0 Å². The molecule has 0 heterocycles. The second-order valence-corrected chi connectivity index (χ2v) is 4.49. The first kappa shape index (κ1) is 10.1. The van der Waals surface area contributed by atoms with Crippen molar-refractivity contribution in [2.24, 2.45) is 17.3 Å². The Morgan fingerprint density at radius 3 is 2.60 bits per heavy atom. The van der Waals surface area contributed by atoms with Crippen LogP contribution in [0.5, 0.6) is 0 Å². The molecule has 3 heteroatoms. The smallest absolute Gasteiger partial charge is 0.310 e. The molecule has 2 aliphatic rings. The minimum absolute atomic E-state index is 0.0886. The van der Waals surface area contributed by atoms with Crippen LogP contribution in [-0.2, 0) is 9.59 Å². The van der Waals surface area contributed by atoms with Gasteiger partial charge in [-0.05, 0) is 31.8 Å². The van der Waals surface area contributed by atoms with E-state index >= 15 is 0 Å². The highest BCUT2D eigenvalue weighted by molar-refractivity contribution is 5.98. The van der Waals surface area contributed by atoms with Crippen molar-refractivity contribution in [2.45, 2.75) is 19.8 Å². The molecule has 3 nitrogen and oxygen atoms in total. The molecule has 1 fully saturated rings. The van der Waals surface area contributed by atoms with Crippen LogP contribution in [0.2, 0.25) is 0 Å². The molecule has 0 aromatic carbocycles. The minimum atomic E-state index is -0.918. The molecule has 0 bridgehead atoms. The van der Waals surface area contributed by atoms with Crippen LogP contribution in [0, 0.1) is 17.3 Å². The zero-order valence-electron chi connectivity index (χ0n) is 8.64. The van der Waals surface area contributed by atoms with E-state index in [2.05, 4.69) is 0 Å². The maximum atomic E-state index is 11.7. The number of carboxylic acids is 1. The van der Waals surface area contributed by atoms with Gasteiger partial charge in [-0.25, -0.2) is 0 Å². The van der Waals surface area contributed by atoms with Crippen LogP contribution in [0.4, 0.5) is 0 Å². The maximum absolute atomic E-state index is 11.7. The van der Waals surface area contributed by atoms with Gasteiger partial charge < -0.3 is 5.11 Å². The van der Waals surface area contributed by atoms with Gasteiger partial charge in [-0.3, -0.25) is 9.59 Å². The van der Waals surface area contributed by atoms with Crippen molar-refractivity contribution in [3.05, 3.63) is 24.3 Å². The molecule has 0 radical (unpaired) electrons. The van der Waals surface area contributed by atoms with E-state index in [1.807, 2.05) is 0 Å². The molecule has 0 aliphatic heterocycles. The number of rotatable bonds is 3. The molecule has 0 aromatic rings. The van der Waals surface area contributed by atoms with Gasteiger partial charge in [0.2, 0.25) is 0 Å². The third-order valence-electron chi connectivity index (χ3n) is 3.51. The highest BCUT2D eigenvalue weighted by Gasteiger charge is 2.53. The fraction of sp³-hybridized carbons (Fsp3) is 0.500. The Bertz CT molecular complexity index is 363. The Balaban J connectivity index is 2.32. The predicted octanol–water partition coefficient (Wildman–Crippen LogP) is 1.80. The second kappa shape index (κ2) is 3.33. The third kappa shape index (κ3) is 1.52. The van der Waals surface area contributed by atoms with Gasteiger partial charge >= 0.3 is 5.97 Å². The summed E-state index contributed by atoms with van der Waals surface area (Å²) in [4.78, 5) is 23.0. The van der Waals surface area contributed by atoms with Crippen LogP contribution in [-0.4, -0.2) is 16.9 Å². The zero-order valence-corrected chi connectivity index (χ0v) is 8.64. The van der Waals surface area contributed by atoms with Crippen molar-refractivity contribution < 1.29 is 14.7 Å². The zero-order chi connectivity index (χ0) is 11.1. The summed E-state index contributed by atoms with van der Waals surface area (Å²) in [7, 11) is 0. The van der Waals surface area contributed by atoms with Crippen LogP contribution < -0.4 is 0 Å². The molecule has 80 valence electrons. The number of hydrogen-bond acceptors (Lipinski definition) is 2. The monoisotopic (exact) mass is 206 g/mol. The van der Waals surface area contributed by atoms with E-state index in [0.717, 1.165) is 12.8 Å². The average molecular weight is 206 g/mol. The van der Waals surface area contributed by atoms with Gasteiger partial charge in [0.15, 0.2) is 5.78 Å². The summed E-state index contributed by atoms with van der Waals surface area (Å²) >= 11 is 0. The van der Waals surface area contributed by atoms with Gasteiger partial charge in [0.05, 0.1) is 11.3 Å². The Kier molecular flexibility index (Phi) is 2.25. The Labute approximate surface area is 88.5 Å². The van der Waals surface area contributed by atoms with Crippen molar-refractivity contribution in [2.75, 3.05) is 0 Å². The number of carboxylic acid groups (broad SMARTS) is 1. The van der Waals surface area contributed by atoms with E-state index in [1.54, 1.807) is 25.2 Å². The number of aliphatic carboxylic acids is 1. The van der Waals surface area contributed by atoms with E-state index in [9.17, 15) is 14.7 Å². The lowest BCUT2D eigenvalue weighted by Gasteiger charge is -2.31. The van der Waals surface area contributed by atoms with Crippen LogP contribution in [0.15, 0.2) is 24.3 Å². The highest BCUT2D eigenvalue weighted by Crippen LogP contribution is 2.51. The molecule has 1 saturated carbocycles. The molecule has 0 spiro atoms. The molecule has 0 amide bonds. The van der Waals surface area contributed by atoms with Gasteiger partial charge in [-0.2, -0.15) is 0 Å². The summed E-state index contributed by atoms with van der Waals surface area (Å²) in [6.45, 7) is 1.69. The van der Waals surface area contributed by atoms with Crippen LogP contribution in [0.25, 0.3) is 0 Å². The number of ketones is 1. The summed E-state index contributed by atoms with van der Waals surface area (Å²) in [6.07, 6.45) is 8.45. The van der Waals surface area contributed by atoms with Gasteiger partial charge in [-0.1, -0.05) is 18.2 Å². The molecule has 2 unspecified atom stereocenters. The number of carbonyl (C=O) groups is 2. The normalized spacial score (nSPS) is 28.9. The summed E-state index contributed by atoms with van der Waals surface area (Å²) in [6, 6.07) is 0. The van der Waals surface area contributed by atoms with Crippen molar-refractivity contribution in [1.29, 1.82) is 0 Å². The summed E-state index contributed by atoms with van der Waals surface area (Å²) in [5, 5.41) is 9.30. The standard InChI is InChI=1S/C12H14O3/c1-12(11(14)15,8-6-7-8)9-4-2-3-5-10(9)13/h2-5,8-9H,6-7H2,1H3,(H,14,15). The van der Waals surface area contributed by atoms with Gasteiger partial charge in [0, 0.05) is 0 Å². The molecule has 2 atom stereocenters. The van der Waals surface area contributed by atoms with E-state index in [4.69, 9.17) is 0 Å². The molecule has 0 aromatic heterocycles. The number of allylic oxidation sites excluding steroid dienone is 4. The molecule has 1 N–H and O–H groups in total. The number of hydrogen-bond donors (Lipinski definition) is 1. The van der Waals surface area contributed by atoms with Crippen LogP contribution >= 0.6 is 0 Å². The molecule has 15 heavy (non-hydrogen) atoms. The predicted molar refractivity (Wildman–Crippen MR) is 55.2 cm³/mol. The first-order chi connectivity index (χ1) is 7.06. The topological polar surface area (TPSA) is 54.4 Å². The Morgan fingerprint density at radius 2 is 2.13 bits per heavy atom. The lowest BCUT2D eigenvalue weighted by atomic mass is 9.70. The van der Waals surface area contributed by atoms with E-state index < -0.39 is 17.3 Å². The van der Waals surface area contributed by atoms with Crippen molar-refractivity contribution in [3.8, 4) is 0 Å². The molecular formula is C12H14O3. The SMILES string of the molecule is CC(C(=O)O)(C1CC1)C1C=CC=CC1=O. The van der Waals surface area contributed by atoms with Crippen LogP contribution in [0.3, 0.4) is 0 Å². The Hall–Kier alpha value is -1.38. The molecular weight excluding hydrogens is 192 g/mol. The largest absolute Gasteiger partial charge is 0.481 e. The van der Waals surface area contributed by atoms with Gasteiger partial charge in [0.25, 0.3) is 0 Å². The lowest BCUT2D eigenvalue weighted by Crippen LogP contribution is -2.41. The molecule has 0 saturated heterocycles.